The molecule has 1 aliphatic rings. The number of alkyl halides is 1. The number of primary sulfonamides is 1. The summed E-state index contributed by atoms with van der Waals surface area (Å²) in [5.74, 6) is 0. The van der Waals surface area contributed by atoms with Crippen LogP contribution in [0.5, 0.6) is 0 Å². The van der Waals surface area contributed by atoms with Gasteiger partial charge in [0.25, 0.3) is 0 Å². The van der Waals surface area contributed by atoms with E-state index >= 15 is 0 Å². The summed E-state index contributed by atoms with van der Waals surface area (Å²) in [4.78, 5) is 0. The average molecular weight is 299 g/mol. The summed E-state index contributed by atoms with van der Waals surface area (Å²) in [7, 11) is -3.52. The van der Waals surface area contributed by atoms with Gasteiger partial charge in [-0.3, -0.25) is 0 Å². The maximum absolute atomic E-state index is 11.2. The van der Waals surface area contributed by atoms with E-state index in [1.807, 2.05) is 12.2 Å². The highest BCUT2D eigenvalue weighted by Crippen LogP contribution is 2.30. The van der Waals surface area contributed by atoms with E-state index in [0.717, 1.165) is 0 Å². The zero-order valence-electron chi connectivity index (χ0n) is 6.57. The molecule has 0 spiro atoms. The van der Waals surface area contributed by atoms with Crippen LogP contribution in [-0.2, 0) is 10.0 Å². The minimum Gasteiger partial charge on any atom is -0.228 e. The minimum absolute atomic E-state index is 0.102. The van der Waals surface area contributed by atoms with E-state index in [-0.39, 0.29) is 3.92 Å². The smallest absolute Gasteiger partial charge is 0.219 e. The third-order valence-corrected chi connectivity index (χ3v) is 5.73. The third kappa shape index (κ3) is 1.57. The van der Waals surface area contributed by atoms with Crippen LogP contribution in [-0.4, -0.2) is 17.1 Å². The first-order valence-corrected chi connectivity index (χ1v) is 6.19. The molecule has 0 bridgehead atoms. The van der Waals surface area contributed by atoms with Crippen LogP contribution in [0.1, 0.15) is 6.92 Å². The van der Waals surface area contributed by atoms with Gasteiger partial charge in [-0.25, -0.2) is 13.6 Å². The maximum atomic E-state index is 11.2. The molecule has 0 aromatic heterocycles. The number of hydrogen-bond acceptors (Lipinski definition) is 2. The van der Waals surface area contributed by atoms with Crippen molar-refractivity contribution in [2.45, 2.75) is 15.6 Å². The van der Waals surface area contributed by atoms with E-state index in [0.29, 0.717) is 0 Å². The van der Waals surface area contributed by atoms with Crippen molar-refractivity contribution in [3.63, 3.8) is 0 Å². The second kappa shape index (κ2) is 3.12. The predicted molar refractivity (Wildman–Crippen MR) is 57.6 cm³/mol. The van der Waals surface area contributed by atoms with Gasteiger partial charge in [0.15, 0.2) is 0 Å². The van der Waals surface area contributed by atoms with Crippen molar-refractivity contribution in [3.8, 4) is 0 Å². The number of nitrogens with two attached hydrogens (primary N) is 1. The van der Waals surface area contributed by atoms with Crippen LogP contribution in [0.3, 0.4) is 0 Å². The van der Waals surface area contributed by atoms with Crippen LogP contribution in [0.2, 0.25) is 0 Å². The van der Waals surface area contributed by atoms with Crippen LogP contribution >= 0.6 is 22.6 Å². The Morgan fingerprint density at radius 1 is 1.50 bits per heavy atom. The summed E-state index contributed by atoms with van der Waals surface area (Å²) in [6, 6.07) is 0. The molecule has 0 aromatic carbocycles. The Bertz CT molecular complexity index is 333. The first-order chi connectivity index (χ1) is 5.38. The topological polar surface area (TPSA) is 60.2 Å². The van der Waals surface area contributed by atoms with Crippen LogP contribution in [0.25, 0.3) is 0 Å². The Labute approximate surface area is 85.9 Å². The largest absolute Gasteiger partial charge is 0.228 e. The van der Waals surface area contributed by atoms with E-state index in [2.05, 4.69) is 22.6 Å². The van der Waals surface area contributed by atoms with Crippen LogP contribution < -0.4 is 5.14 Å². The van der Waals surface area contributed by atoms with Gasteiger partial charge in [0.2, 0.25) is 10.0 Å². The molecule has 0 radical (unpaired) electrons. The van der Waals surface area contributed by atoms with Gasteiger partial charge in [0, 0.05) is 0 Å². The number of sulfonamides is 1. The summed E-state index contributed by atoms with van der Waals surface area (Å²) < 4.78 is 21.4. The minimum atomic E-state index is -3.52. The van der Waals surface area contributed by atoms with Crippen LogP contribution in [0, 0.1) is 0 Å². The second-order valence-electron chi connectivity index (χ2n) is 2.87. The lowest BCUT2D eigenvalue weighted by Gasteiger charge is -2.28. The fourth-order valence-corrected chi connectivity index (χ4v) is 3.11. The van der Waals surface area contributed by atoms with Gasteiger partial charge >= 0.3 is 0 Å². The zero-order chi connectivity index (χ0) is 9.41. The van der Waals surface area contributed by atoms with Crippen molar-refractivity contribution in [3.05, 3.63) is 24.3 Å². The molecule has 3 nitrogen and oxygen atoms in total. The van der Waals surface area contributed by atoms with Crippen molar-refractivity contribution < 1.29 is 8.42 Å². The fraction of sp³-hybridized carbons (Fsp3) is 0.429. The van der Waals surface area contributed by atoms with Gasteiger partial charge in [0.1, 0.15) is 4.75 Å². The van der Waals surface area contributed by atoms with Crippen LogP contribution in [0.15, 0.2) is 24.3 Å². The second-order valence-corrected chi connectivity index (χ2v) is 6.19. The van der Waals surface area contributed by atoms with Crippen molar-refractivity contribution in [1.29, 1.82) is 0 Å². The highest BCUT2D eigenvalue weighted by molar-refractivity contribution is 14.1. The van der Waals surface area contributed by atoms with E-state index in [1.165, 1.54) is 0 Å². The summed E-state index contributed by atoms with van der Waals surface area (Å²) in [6.07, 6.45) is 6.98. The lowest BCUT2D eigenvalue weighted by atomic mass is 10.0. The van der Waals surface area contributed by atoms with Crippen LogP contribution in [0.4, 0.5) is 0 Å². The molecular weight excluding hydrogens is 289 g/mol. The van der Waals surface area contributed by atoms with Crippen molar-refractivity contribution in [1.82, 2.24) is 0 Å². The number of rotatable bonds is 1. The monoisotopic (exact) mass is 299 g/mol. The SMILES string of the molecule is CC1(S(N)(=O)=O)C=CC=CC1I. The molecule has 2 unspecified atom stereocenters. The fourth-order valence-electron chi connectivity index (χ4n) is 0.943. The van der Waals surface area contributed by atoms with E-state index < -0.39 is 14.8 Å². The van der Waals surface area contributed by atoms with Gasteiger partial charge in [0.05, 0.1) is 3.92 Å². The van der Waals surface area contributed by atoms with Gasteiger partial charge in [-0.05, 0) is 6.92 Å². The van der Waals surface area contributed by atoms with E-state index in [9.17, 15) is 8.42 Å². The third-order valence-electron chi connectivity index (χ3n) is 1.98. The van der Waals surface area contributed by atoms with Crippen molar-refractivity contribution in [2.75, 3.05) is 0 Å². The molecule has 0 aromatic rings. The molecule has 0 amide bonds. The van der Waals surface area contributed by atoms with E-state index in [1.54, 1.807) is 19.1 Å². The Morgan fingerprint density at radius 2 is 2.08 bits per heavy atom. The molecule has 0 saturated heterocycles. The predicted octanol–water partition coefficient (Wildman–Crippen LogP) is 0.963. The molecule has 2 N–H and O–H groups in total. The molecule has 0 fully saturated rings. The zero-order valence-corrected chi connectivity index (χ0v) is 9.54. The summed E-state index contributed by atoms with van der Waals surface area (Å²) in [5.41, 5.74) is 0. The van der Waals surface area contributed by atoms with Gasteiger partial charge in [-0.2, -0.15) is 0 Å². The molecule has 1 rings (SSSR count). The van der Waals surface area contributed by atoms with Crippen molar-refractivity contribution >= 4 is 32.6 Å². The Morgan fingerprint density at radius 3 is 2.42 bits per heavy atom. The quantitative estimate of drug-likeness (QED) is 0.579. The Balaban J connectivity index is 3.16. The first kappa shape index (κ1) is 10.2. The highest BCUT2D eigenvalue weighted by Gasteiger charge is 2.40. The summed E-state index contributed by atoms with van der Waals surface area (Å²) >= 11 is 2.06. The number of allylic oxidation sites excluding steroid dienone is 3. The average Bonchev–Trinajstić information content (AvgIpc) is 1.93. The standard InChI is InChI=1S/C7H10INO2S/c1-7(12(9,10)11)5-3-2-4-6(7)8/h2-6H,1H3,(H2,9,10,11). The summed E-state index contributed by atoms with van der Waals surface area (Å²) in [5, 5.41) is 5.12. The van der Waals surface area contributed by atoms with Gasteiger partial charge in [-0.1, -0.05) is 46.9 Å². The molecular formula is C7H10INO2S. The number of hydrogen-bond donors (Lipinski definition) is 1. The molecule has 68 valence electrons. The molecule has 5 heteroatoms. The molecule has 0 saturated carbocycles. The van der Waals surface area contributed by atoms with Crippen molar-refractivity contribution in [2.24, 2.45) is 5.14 Å². The molecule has 0 heterocycles. The highest BCUT2D eigenvalue weighted by atomic mass is 127. The van der Waals surface area contributed by atoms with Gasteiger partial charge < -0.3 is 0 Å². The molecule has 12 heavy (non-hydrogen) atoms. The molecule has 0 aliphatic heterocycles. The lowest BCUT2D eigenvalue weighted by Crippen LogP contribution is -2.46. The number of halogens is 1. The normalized spacial score (nSPS) is 35.4. The molecule has 1 aliphatic carbocycles. The first-order valence-electron chi connectivity index (χ1n) is 3.40. The van der Waals surface area contributed by atoms with E-state index in [4.69, 9.17) is 5.14 Å². The lowest BCUT2D eigenvalue weighted by molar-refractivity contribution is 0.569. The maximum Gasteiger partial charge on any atom is 0.219 e. The molecule has 2 atom stereocenters. The Kier molecular flexibility index (Phi) is 2.65. The Hall–Kier alpha value is 0.120. The summed E-state index contributed by atoms with van der Waals surface area (Å²) in [6.45, 7) is 1.62. The van der Waals surface area contributed by atoms with Gasteiger partial charge in [-0.15, -0.1) is 0 Å².